The van der Waals surface area contributed by atoms with Crippen molar-refractivity contribution in [1.82, 2.24) is 24.1 Å². The Morgan fingerprint density at radius 1 is 0.252 bits per heavy atom. The summed E-state index contributed by atoms with van der Waals surface area (Å²) in [5.41, 5.74) is 34.8. The molecular weight excluding hydrogens is 1440 g/mol. The molecule has 4 aromatic heterocycles. The first-order chi connectivity index (χ1) is 56.0. The van der Waals surface area contributed by atoms with Crippen molar-refractivity contribution in [3.63, 3.8) is 0 Å². The average molecular weight is 1550 g/mol. The van der Waals surface area contributed by atoms with Crippen LogP contribution in [0.25, 0.3) is 156 Å². The standard InChI is InChI=1S/C112H114BN6/c1-105(2,3)80-55-75(56-81(61-80)106(4,5)6)85-45-47-89-100-95(85)97-87(110(16,17)18)63-84(109(13,14)15)64-91(97)118(100)92-59-79(60-93-99(92)113(89)90-48-46-86(76-57-82(107(7,8)9)62-83(58-76)108(10,11)12)96-98-88(111(19,20)21)65-117(112(22,23)24)66-94(98)119(93)101(90)96)104-115-102(77-51-71(67-37-29-25-30-38-67)49-72(52-77)68-39-31-26-32-40-68)114-103(116-104)78-53-73(69-41-33-27-34-42-69)50-74(54-78)70-43-35-28-36-44-70/h25-66H,1-24H3/q+1. The molecule has 0 saturated carbocycles. The fourth-order valence-corrected chi connectivity index (χ4v) is 18.6. The van der Waals surface area contributed by atoms with Gasteiger partial charge in [-0.25, -0.2) is 15.0 Å². The van der Waals surface area contributed by atoms with Gasteiger partial charge in [-0.1, -0.05) is 333 Å². The lowest BCUT2D eigenvalue weighted by atomic mass is 9.34. The van der Waals surface area contributed by atoms with Gasteiger partial charge in [-0.15, -0.1) is 0 Å². The van der Waals surface area contributed by atoms with Gasteiger partial charge < -0.3 is 9.13 Å². The second-order valence-electron chi connectivity index (χ2n) is 42.5. The first kappa shape index (κ1) is 78.6. The summed E-state index contributed by atoms with van der Waals surface area (Å²) in [4.78, 5) is 17.9. The minimum absolute atomic E-state index is 0.129. The lowest BCUT2D eigenvalue weighted by Crippen LogP contribution is -2.59. The number of pyridine rings is 1. The van der Waals surface area contributed by atoms with Crippen molar-refractivity contribution in [2.45, 2.75) is 210 Å². The van der Waals surface area contributed by atoms with E-state index in [1.165, 1.54) is 116 Å². The molecule has 18 rings (SSSR count). The molecule has 16 aromatic rings. The highest BCUT2D eigenvalue weighted by atomic mass is 15.1. The zero-order valence-corrected chi connectivity index (χ0v) is 74.5. The number of hydrogen-bond donors (Lipinski definition) is 0. The Bertz CT molecular complexity index is 6230. The van der Waals surface area contributed by atoms with Crippen LogP contribution in [-0.4, -0.2) is 30.8 Å². The third-order valence-electron chi connectivity index (χ3n) is 25.5. The Morgan fingerprint density at radius 2 is 0.563 bits per heavy atom. The monoisotopic (exact) mass is 1550 g/mol. The SMILES string of the molecule is CC(C)(C)c1cc(-c2ccc3c4c2c2c(C(C)(C)C)cc(C(C)(C)C)cc2n4-c2cc(-c4nc(-c5cc(-c6ccccc6)cc(-c6ccccc6)c5)nc(-c5cc(-c6ccccc6)cc(-c6ccccc6)c5)n4)cc4c2B3c2ccc(-c3cc(C(C)(C)C)cc(C(C)(C)C)c3)c3c5c(C(C)(C)C)c[n+](C(C)(C)C)cc5n-4c23)cc(C(C)(C)C)c1. The highest BCUT2D eigenvalue weighted by molar-refractivity contribution is 7.00. The molecule has 0 amide bonds. The summed E-state index contributed by atoms with van der Waals surface area (Å²) in [6, 6.07) is 92.2. The van der Waals surface area contributed by atoms with Crippen LogP contribution in [0.5, 0.6) is 0 Å². The van der Waals surface area contributed by atoms with Crippen LogP contribution in [0.3, 0.4) is 0 Å². The maximum Gasteiger partial charge on any atom is 0.252 e. The molecule has 119 heavy (non-hydrogen) atoms. The van der Waals surface area contributed by atoms with Gasteiger partial charge in [-0.3, -0.25) is 0 Å². The predicted molar refractivity (Wildman–Crippen MR) is 508 cm³/mol. The van der Waals surface area contributed by atoms with E-state index >= 15 is 0 Å². The fourth-order valence-electron chi connectivity index (χ4n) is 18.6. The molecule has 0 atom stereocenters. The lowest BCUT2D eigenvalue weighted by molar-refractivity contribution is -0.753. The zero-order valence-electron chi connectivity index (χ0n) is 74.5. The quantitative estimate of drug-likeness (QED) is 0.107. The van der Waals surface area contributed by atoms with Crippen LogP contribution < -0.4 is 21.0 Å². The van der Waals surface area contributed by atoms with Gasteiger partial charge in [0.05, 0.1) is 16.6 Å². The Hall–Kier alpha value is -11.5. The van der Waals surface area contributed by atoms with Crippen LogP contribution in [0, 0.1) is 0 Å². The van der Waals surface area contributed by atoms with Crippen molar-refractivity contribution in [1.29, 1.82) is 0 Å². The zero-order chi connectivity index (χ0) is 84.1. The van der Waals surface area contributed by atoms with E-state index < -0.39 is 0 Å². The highest BCUT2D eigenvalue weighted by Gasteiger charge is 2.45. The average Bonchev–Trinajstić information content (AvgIpc) is 1.51. The minimum atomic E-state index is -0.306. The third kappa shape index (κ3) is 13.8. The number of hydrogen-bond acceptors (Lipinski definition) is 3. The van der Waals surface area contributed by atoms with Crippen molar-refractivity contribution >= 4 is 66.7 Å². The Kier molecular flexibility index (Phi) is 18.2. The van der Waals surface area contributed by atoms with Crippen molar-refractivity contribution in [2.24, 2.45) is 0 Å². The van der Waals surface area contributed by atoms with E-state index in [1.54, 1.807) is 0 Å². The summed E-state index contributed by atoms with van der Waals surface area (Å²) in [5.74, 6) is 1.73. The van der Waals surface area contributed by atoms with Gasteiger partial charge in [-0.05, 0) is 209 Å². The first-order valence-electron chi connectivity index (χ1n) is 43.1. The topological polar surface area (TPSA) is 52.4 Å². The summed E-state index contributed by atoms with van der Waals surface area (Å²) in [6.45, 7) is 57.0. The van der Waals surface area contributed by atoms with E-state index in [1.807, 2.05) is 0 Å². The van der Waals surface area contributed by atoms with Crippen LogP contribution in [0.2, 0.25) is 0 Å². The van der Waals surface area contributed by atoms with E-state index in [0.29, 0.717) is 17.5 Å². The molecule has 2 aliphatic heterocycles. The molecule has 6 nitrogen and oxygen atoms in total. The Balaban J connectivity index is 1.06. The molecule has 2 aliphatic rings. The van der Waals surface area contributed by atoms with Gasteiger partial charge in [0, 0.05) is 75.9 Å². The van der Waals surface area contributed by atoms with E-state index in [2.05, 4.69) is 435 Å². The number of fused-ring (bicyclic) bond motifs is 10. The minimum Gasteiger partial charge on any atom is -0.310 e. The number of benzene rings is 12. The van der Waals surface area contributed by atoms with Crippen LogP contribution >= 0.6 is 0 Å². The molecule has 6 heterocycles. The van der Waals surface area contributed by atoms with Gasteiger partial charge in [-0.2, -0.15) is 4.57 Å². The van der Waals surface area contributed by atoms with Gasteiger partial charge >= 0.3 is 0 Å². The molecule has 12 aromatic carbocycles. The Morgan fingerprint density at radius 3 is 0.891 bits per heavy atom. The third-order valence-corrected chi connectivity index (χ3v) is 25.5. The largest absolute Gasteiger partial charge is 0.310 e. The van der Waals surface area contributed by atoms with Crippen LogP contribution in [0.1, 0.15) is 205 Å². The normalized spacial score (nSPS) is 13.4. The highest BCUT2D eigenvalue weighted by Crippen LogP contribution is 2.52. The van der Waals surface area contributed by atoms with E-state index in [9.17, 15) is 0 Å². The van der Waals surface area contributed by atoms with Gasteiger partial charge in [0.15, 0.2) is 35.4 Å². The predicted octanol–water partition coefficient (Wildman–Crippen LogP) is 27.3. The molecule has 0 radical (unpaired) electrons. The lowest BCUT2D eigenvalue weighted by Gasteiger charge is -2.34. The van der Waals surface area contributed by atoms with Crippen LogP contribution in [0.4, 0.5) is 0 Å². The van der Waals surface area contributed by atoms with Crippen molar-refractivity contribution in [2.75, 3.05) is 0 Å². The van der Waals surface area contributed by atoms with E-state index in [0.717, 1.165) is 78.1 Å². The summed E-state index contributed by atoms with van der Waals surface area (Å²) in [7, 11) is 0. The molecule has 0 saturated heterocycles. The molecular formula is C112H114BN6+. The number of rotatable bonds is 9. The molecule has 0 spiro atoms. The van der Waals surface area contributed by atoms with Gasteiger partial charge in [0.1, 0.15) is 5.52 Å². The smallest absolute Gasteiger partial charge is 0.252 e. The van der Waals surface area contributed by atoms with E-state index in [-0.39, 0.29) is 50.2 Å². The molecule has 0 bridgehead atoms. The van der Waals surface area contributed by atoms with E-state index in [4.69, 9.17) is 15.0 Å². The summed E-state index contributed by atoms with van der Waals surface area (Å²) in [6.07, 6.45) is 4.98. The van der Waals surface area contributed by atoms with Gasteiger partial charge in [0.25, 0.3) is 6.71 Å². The second kappa shape index (κ2) is 27.5. The first-order valence-corrected chi connectivity index (χ1v) is 43.1. The molecule has 0 unspecified atom stereocenters. The molecule has 0 N–H and O–H groups in total. The van der Waals surface area contributed by atoms with Gasteiger partial charge in [0.2, 0.25) is 0 Å². The van der Waals surface area contributed by atoms with Crippen LogP contribution in [-0.2, 0) is 43.4 Å². The summed E-state index contributed by atoms with van der Waals surface area (Å²) < 4.78 is 7.97. The van der Waals surface area contributed by atoms with Crippen molar-refractivity contribution < 1.29 is 4.57 Å². The summed E-state index contributed by atoms with van der Waals surface area (Å²) in [5, 5.41) is 5.12. The van der Waals surface area contributed by atoms with Crippen LogP contribution in [0.15, 0.2) is 255 Å². The Labute approximate surface area is 706 Å². The van der Waals surface area contributed by atoms with Crippen molar-refractivity contribution in [3.8, 4) is 112 Å². The second-order valence-corrected chi connectivity index (χ2v) is 42.5. The molecule has 0 aliphatic carbocycles. The fraction of sp³-hybridized carbons (Fsp3) is 0.286. The molecule has 594 valence electrons. The molecule has 7 heteroatoms. The summed E-state index contributed by atoms with van der Waals surface area (Å²) >= 11 is 0. The maximum absolute atomic E-state index is 6.04. The molecule has 0 fully saturated rings. The number of aromatic nitrogens is 6. The maximum atomic E-state index is 6.04. The van der Waals surface area contributed by atoms with Crippen molar-refractivity contribution in [3.05, 3.63) is 294 Å². The number of nitrogens with zero attached hydrogens (tertiary/aromatic N) is 6.